The Morgan fingerprint density at radius 2 is 1.44 bits per heavy atom. The number of aromatic amines is 1. The van der Waals surface area contributed by atoms with Gasteiger partial charge in [-0.15, -0.1) is 5.10 Å². The number of nitrogen functional groups attached to an aromatic ring is 1. The molecule has 276 valence electrons. The number of nitrogens with zero attached hydrogens (tertiary/aromatic N) is 6. The van der Waals surface area contributed by atoms with Crippen LogP contribution in [0.4, 0.5) is 37.7 Å². The van der Waals surface area contributed by atoms with E-state index >= 15 is 0 Å². The average molecular weight is 731 g/mol. The topological polar surface area (TPSA) is 133 Å². The van der Waals surface area contributed by atoms with Crippen LogP contribution in [0.2, 0.25) is 0 Å². The predicted molar refractivity (Wildman–Crippen MR) is 179 cm³/mol. The number of anilines is 2. The van der Waals surface area contributed by atoms with E-state index in [0.29, 0.717) is 43.9 Å². The quantitative estimate of drug-likeness (QED) is 0.192. The summed E-state index contributed by atoms with van der Waals surface area (Å²) in [5.74, 6) is -1.88. The summed E-state index contributed by atoms with van der Waals surface area (Å²) in [7, 11) is 0. The number of piperazine rings is 1. The molecule has 6 rings (SSSR count). The molecule has 2 fully saturated rings. The number of aromatic nitrogens is 4. The summed E-state index contributed by atoms with van der Waals surface area (Å²) in [5.41, 5.74) is 1.37. The number of benzene rings is 2. The van der Waals surface area contributed by atoms with Crippen molar-refractivity contribution in [3.63, 3.8) is 0 Å². The van der Waals surface area contributed by atoms with Crippen molar-refractivity contribution in [2.75, 3.05) is 49.9 Å². The first-order valence-electron chi connectivity index (χ1n) is 16.7. The fourth-order valence-electron chi connectivity index (χ4n) is 6.84. The molecule has 2 saturated heterocycles. The number of likely N-dealkylation sites (tertiary alicyclic amines) is 1. The first-order valence-corrected chi connectivity index (χ1v) is 16.7. The van der Waals surface area contributed by atoms with Gasteiger partial charge >= 0.3 is 18.0 Å². The van der Waals surface area contributed by atoms with Crippen molar-refractivity contribution in [3.8, 4) is 11.4 Å². The molecule has 4 heterocycles. The maximum Gasteiger partial charge on any atom is 0.418 e. The normalized spacial score (nSPS) is 16.6. The highest BCUT2D eigenvalue weighted by Gasteiger charge is 2.41. The smallest absolute Gasteiger partial charge is 0.398 e. The molecule has 0 spiro atoms. The molecule has 2 aliphatic heterocycles. The van der Waals surface area contributed by atoms with Gasteiger partial charge in [0.15, 0.2) is 5.82 Å². The standard InChI is InChI=1S/C35H36F6N8O3/c36-34(37,38)27-19-22(20-28(30(27)42)35(39,40)41)18-24(32(51)48-16-14-46(15-17-48)25-6-10-43-11-7-25)21-29(50)47-12-8-26(9-13-47)49-33(52)44-31(45-49)23-4-2-1-3-5-23/h1-7,10-11,19-20,24,26H,8-9,12-18,21,42H2,(H,44,45,52)/t24-/m0/s1. The molecule has 52 heavy (non-hydrogen) atoms. The third kappa shape index (κ3) is 8.07. The highest BCUT2D eigenvalue weighted by Crippen LogP contribution is 2.42. The monoisotopic (exact) mass is 730 g/mol. The Balaban J connectivity index is 1.20. The number of pyridine rings is 1. The molecular weight excluding hydrogens is 694 g/mol. The third-order valence-electron chi connectivity index (χ3n) is 9.57. The van der Waals surface area contributed by atoms with Crippen molar-refractivity contribution in [2.24, 2.45) is 5.92 Å². The highest BCUT2D eigenvalue weighted by atomic mass is 19.4. The number of H-pyrrole nitrogens is 1. The zero-order valence-corrected chi connectivity index (χ0v) is 27.8. The molecule has 2 aliphatic rings. The molecule has 3 N–H and O–H groups in total. The molecule has 4 aromatic rings. The van der Waals surface area contributed by atoms with E-state index in [4.69, 9.17) is 5.73 Å². The van der Waals surface area contributed by atoms with Gasteiger partial charge in [0.05, 0.1) is 28.8 Å². The lowest BCUT2D eigenvalue weighted by molar-refractivity contribution is -0.142. The molecule has 0 radical (unpaired) electrons. The van der Waals surface area contributed by atoms with Gasteiger partial charge in [-0.2, -0.15) is 26.3 Å². The van der Waals surface area contributed by atoms with Crippen LogP contribution < -0.4 is 16.3 Å². The van der Waals surface area contributed by atoms with E-state index in [1.807, 2.05) is 35.2 Å². The maximum absolute atomic E-state index is 14.0. The number of hydrogen-bond acceptors (Lipinski definition) is 7. The van der Waals surface area contributed by atoms with Crippen molar-refractivity contribution in [1.29, 1.82) is 0 Å². The third-order valence-corrected chi connectivity index (χ3v) is 9.57. The summed E-state index contributed by atoms with van der Waals surface area (Å²) in [5, 5.41) is 4.44. The lowest BCUT2D eigenvalue weighted by Crippen LogP contribution is -2.51. The van der Waals surface area contributed by atoms with E-state index in [0.717, 1.165) is 11.3 Å². The molecule has 0 unspecified atom stereocenters. The molecule has 2 aromatic carbocycles. The Morgan fingerprint density at radius 1 is 0.846 bits per heavy atom. The Kier molecular flexibility index (Phi) is 10.3. The number of nitrogens with two attached hydrogens (primary N) is 1. The fraction of sp³-hybridized carbons (Fsp3) is 0.400. The SMILES string of the molecule is Nc1c(C(F)(F)F)cc(C[C@@H](CC(=O)N2CCC(n3nc(-c4ccccc4)[nH]c3=O)CC2)C(=O)N2CCN(c3ccncc3)CC2)cc1C(F)(F)F. The zero-order chi connectivity index (χ0) is 37.2. The van der Waals surface area contributed by atoms with Crippen LogP contribution in [-0.4, -0.2) is 80.6 Å². The van der Waals surface area contributed by atoms with Gasteiger partial charge in [-0.05, 0) is 49.1 Å². The van der Waals surface area contributed by atoms with Crippen LogP contribution in [0.3, 0.4) is 0 Å². The van der Waals surface area contributed by atoms with Gasteiger partial charge in [0.25, 0.3) is 0 Å². The maximum atomic E-state index is 14.0. The lowest BCUT2D eigenvalue weighted by atomic mass is 9.90. The van der Waals surface area contributed by atoms with Crippen LogP contribution in [0.1, 0.15) is 42.0 Å². The second-order valence-electron chi connectivity index (χ2n) is 12.9. The van der Waals surface area contributed by atoms with Crippen LogP contribution >= 0.6 is 0 Å². The molecule has 0 aliphatic carbocycles. The second kappa shape index (κ2) is 14.7. The number of nitrogens with one attached hydrogen (secondary N) is 1. The molecular formula is C35H36F6N8O3. The Bertz CT molecular complexity index is 1900. The summed E-state index contributed by atoms with van der Waals surface area (Å²) < 4.78 is 84.5. The van der Waals surface area contributed by atoms with Gasteiger partial charge in [-0.1, -0.05) is 30.3 Å². The first kappa shape index (κ1) is 36.4. The minimum Gasteiger partial charge on any atom is -0.398 e. The van der Waals surface area contributed by atoms with Gasteiger partial charge in [0.2, 0.25) is 11.8 Å². The van der Waals surface area contributed by atoms with Crippen LogP contribution in [0.5, 0.6) is 0 Å². The molecule has 11 nitrogen and oxygen atoms in total. The largest absolute Gasteiger partial charge is 0.418 e. The molecule has 0 saturated carbocycles. The van der Waals surface area contributed by atoms with Gasteiger partial charge in [-0.3, -0.25) is 19.6 Å². The minimum absolute atomic E-state index is 0.202. The van der Waals surface area contributed by atoms with Crippen molar-refractivity contribution >= 4 is 23.2 Å². The lowest BCUT2D eigenvalue weighted by Gasteiger charge is -2.38. The molecule has 2 amide bonds. The summed E-state index contributed by atoms with van der Waals surface area (Å²) in [6.45, 7) is 1.69. The predicted octanol–water partition coefficient (Wildman–Crippen LogP) is 5.01. The number of carbonyl (C=O) groups excluding carboxylic acids is 2. The highest BCUT2D eigenvalue weighted by molar-refractivity contribution is 5.86. The van der Waals surface area contributed by atoms with Crippen molar-refractivity contribution in [1.82, 2.24) is 29.5 Å². The molecule has 0 bridgehead atoms. The number of piperidine rings is 1. The van der Waals surface area contributed by atoms with Crippen LogP contribution in [0.15, 0.2) is 71.8 Å². The van der Waals surface area contributed by atoms with E-state index in [1.54, 1.807) is 24.5 Å². The van der Waals surface area contributed by atoms with E-state index in [-0.39, 0.29) is 32.2 Å². The van der Waals surface area contributed by atoms with E-state index < -0.39 is 71.0 Å². The summed E-state index contributed by atoms with van der Waals surface area (Å²) in [6.07, 6.45) is -7.40. The zero-order valence-electron chi connectivity index (χ0n) is 27.8. The van der Waals surface area contributed by atoms with E-state index in [1.165, 1.54) is 14.5 Å². The van der Waals surface area contributed by atoms with Gasteiger partial charge in [0, 0.05) is 69.3 Å². The molecule has 2 aromatic heterocycles. The second-order valence-corrected chi connectivity index (χ2v) is 12.9. The van der Waals surface area contributed by atoms with Crippen LogP contribution in [0.25, 0.3) is 11.4 Å². The Labute approximate surface area is 294 Å². The Hall–Kier alpha value is -5.35. The van der Waals surface area contributed by atoms with Crippen molar-refractivity contribution in [2.45, 2.75) is 44.1 Å². The van der Waals surface area contributed by atoms with E-state index in [9.17, 15) is 40.7 Å². The van der Waals surface area contributed by atoms with Crippen molar-refractivity contribution < 1.29 is 35.9 Å². The van der Waals surface area contributed by atoms with Gasteiger partial charge in [-0.25, -0.2) is 9.48 Å². The number of halogens is 6. The van der Waals surface area contributed by atoms with Gasteiger partial charge < -0.3 is 20.4 Å². The minimum atomic E-state index is -5.19. The van der Waals surface area contributed by atoms with Crippen LogP contribution in [-0.2, 0) is 28.4 Å². The first-order chi connectivity index (χ1) is 24.7. The van der Waals surface area contributed by atoms with E-state index in [2.05, 4.69) is 15.1 Å². The Morgan fingerprint density at radius 3 is 2.02 bits per heavy atom. The number of hydrogen-bond donors (Lipinski definition) is 2. The summed E-state index contributed by atoms with van der Waals surface area (Å²) >= 11 is 0. The number of carbonyl (C=O) groups is 2. The van der Waals surface area contributed by atoms with Crippen LogP contribution in [0, 0.1) is 5.92 Å². The molecule has 1 atom stereocenters. The van der Waals surface area contributed by atoms with Gasteiger partial charge in [0.1, 0.15) is 0 Å². The fourth-order valence-corrected chi connectivity index (χ4v) is 6.84. The number of alkyl halides is 6. The summed E-state index contributed by atoms with van der Waals surface area (Å²) in [6, 6.07) is 13.4. The number of amides is 2. The average Bonchev–Trinajstić information content (AvgIpc) is 3.53. The molecule has 17 heteroatoms. The number of rotatable bonds is 8. The van der Waals surface area contributed by atoms with Crippen molar-refractivity contribution in [3.05, 3.63) is 94.2 Å². The summed E-state index contributed by atoms with van der Waals surface area (Å²) in [4.78, 5) is 52.2.